The molecule has 0 spiro atoms. The number of carboxylic acid groups (broad SMARTS) is 1. The molecular weight excluding hydrogens is 585 g/mol. The van der Waals surface area contributed by atoms with Crippen LogP contribution in [-0.4, -0.2) is 28.6 Å². The van der Waals surface area contributed by atoms with Gasteiger partial charge in [0.1, 0.15) is 5.54 Å². The molecule has 1 atom stereocenters. The molecule has 41 heavy (non-hydrogen) atoms. The van der Waals surface area contributed by atoms with Gasteiger partial charge in [-0.1, -0.05) is 79.8 Å². The molecular formula is C31H34Cl3N3O4. The Morgan fingerprint density at radius 3 is 1.88 bits per heavy atom. The molecule has 1 saturated carbocycles. The number of aliphatic carboxylic acids is 1. The number of halogens is 3. The van der Waals surface area contributed by atoms with Crippen molar-refractivity contribution in [2.75, 3.05) is 10.6 Å². The third kappa shape index (κ3) is 6.91. The quantitative estimate of drug-likeness (QED) is 0.221. The van der Waals surface area contributed by atoms with Crippen molar-refractivity contribution < 1.29 is 19.5 Å². The van der Waals surface area contributed by atoms with Crippen LogP contribution in [0.3, 0.4) is 0 Å². The SMILES string of the molecule is CC(C)(C)C1CCC([C@](C)(NC(=O)c2cc3ccccc3cc2NC(=O)Nc2c(Cl)cc(Cl)cc2Cl)C(=O)O)CC1. The van der Waals surface area contributed by atoms with Crippen molar-refractivity contribution in [3.63, 3.8) is 0 Å². The van der Waals surface area contributed by atoms with Crippen LogP contribution in [0, 0.1) is 17.3 Å². The number of hydrogen-bond donors (Lipinski definition) is 4. The minimum absolute atomic E-state index is 0.128. The van der Waals surface area contributed by atoms with Crippen molar-refractivity contribution in [2.45, 2.75) is 58.9 Å². The fourth-order valence-electron chi connectivity index (χ4n) is 5.63. The van der Waals surface area contributed by atoms with Crippen LogP contribution in [-0.2, 0) is 4.79 Å². The van der Waals surface area contributed by atoms with Gasteiger partial charge in [-0.25, -0.2) is 9.59 Å². The number of nitrogens with one attached hydrogen (secondary N) is 3. The Morgan fingerprint density at radius 1 is 0.805 bits per heavy atom. The smallest absolute Gasteiger partial charge is 0.329 e. The van der Waals surface area contributed by atoms with E-state index in [1.54, 1.807) is 19.1 Å². The van der Waals surface area contributed by atoms with E-state index in [0.29, 0.717) is 23.8 Å². The van der Waals surface area contributed by atoms with E-state index in [0.717, 1.165) is 23.6 Å². The molecule has 1 aliphatic rings. The van der Waals surface area contributed by atoms with Crippen LogP contribution in [0.25, 0.3) is 10.8 Å². The Bertz CT molecular complexity index is 1470. The number of rotatable bonds is 6. The first-order valence-corrected chi connectivity index (χ1v) is 14.6. The minimum Gasteiger partial charge on any atom is -0.480 e. The first-order chi connectivity index (χ1) is 19.2. The van der Waals surface area contributed by atoms with Gasteiger partial charge in [-0.15, -0.1) is 0 Å². The molecule has 0 bridgehead atoms. The average Bonchev–Trinajstić information content (AvgIpc) is 2.89. The Balaban J connectivity index is 1.62. The maximum absolute atomic E-state index is 13.8. The summed E-state index contributed by atoms with van der Waals surface area (Å²) in [5.74, 6) is -1.44. The molecule has 7 nitrogen and oxygen atoms in total. The van der Waals surface area contributed by atoms with E-state index in [1.807, 2.05) is 24.3 Å². The molecule has 10 heteroatoms. The van der Waals surface area contributed by atoms with Crippen LogP contribution in [0.1, 0.15) is 63.7 Å². The van der Waals surface area contributed by atoms with Gasteiger partial charge in [-0.05, 0) is 84.9 Å². The predicted molar refractivity (Wildman–Crippen MR) is 166 cm³/mol. The summed E-state index contributed by atoms with van der Waals surface area (Å²) >= 11 is 18.4. The number of carbonyl (C=O) groups excluding carboxylic acids is 2. The summed E-state index contributed by atoms with van der Waals surface area (Å²) in [6.45, 7) is 8.18. The van der Waals surface area contributed by atoms with Crippen molar-refractivity contribution >= 4 is 74.9 Å². The molecule has 3 aromatic rings. The zero-order valence-electron chi connectivity index (χ0n) is 23.4. The lowest BCUT2D eigenvalue weighted by molar-refractivity contribution is -0.147. The second kappa shape index (κ2) is 12.1. The van der Waals surface area contributed by atoms with Crippen LogP contribution in [0.5, 0.6) is 0 Å². The Labute approximate surface area is 254 Å². The summed E-state index contributed by atoms with van der Waals surface area (Å²) in [4.78, 5) is 39.4. The summed E-state index contributed by atoms with van der Waals surface area (Å²) in [5.41, 5.74) is -0.867. The Hall–Kier alpha value is -3.00. The molecule has 4 N–H and O–H groups in total. The molecule has 0 heterocycles. The molecule has 0 aliphatic heterocycles. The van der Waals surface area contributed by atoms with Gasteiger partial charge < -0.3 is 21.1 Å². The van der Waals surface area contributed by atoms with E-state index in [4.69, 9.17) is 34.8 Å². The maximum atomic E-state index is 13.8. The average molecular weight is 619 g/mol. The number of hydrogen-bond acceptors (Lipinski definition) is 3. The van der Waals surface area contributed by atoms with Crippen molar-refractivity contribution in [1.29, 1.82) is 0 Å². The molecule has 1 fully saturated rings. The van der Waals surface area contributed by atoms with Crippen molar-refractivity contribution in [3.8, 4) is 0 Å². The number of urea groups is 1. The van der Waals surface area contributed by atoms with Gasteiger partial charge in [0.05, 0.1) is 27.0 Å². The number of amides is 3. The van der Waals surface area contributed by atoms with Crippen molar-refractivity contribution in [3.05, 3.63) is 69.2 Å². The van der Waals surface area contributed by atoms with Gasteiger partial charge in [-0.3, -0.25) is 4.79 Å². The van der Waals surface area contributed by atoms with Crippen molar-refractivity contribution in [2.24, 2.45) is 17.3 Å². The summed E-state index contributed by atoms with van der Waals surface area (Å²) in [6.07, 6.45) is 3.18. The summed E-state index contributed by atoms with van der Waals surface area (Å²) in [5, 5.41) is 20.6. The molecule has 0 aromatic heterocycles. The fraction of sp³-hybridized carbons (Fsp3) is 0.387. The normalized spacial score (nSPS) is 18.8. The van der Waals surface area contributed by atoms with Gasteiger partial charge in [0.2, 0.25) is 0 Å². The third-order valence-electron chi connectivity index (χ3n) is 8.21. The molecule has 0 radical (unpaired) electrons. The molecule has 4 rings (SSSR count). The highest BCUT2D eigenvalue weighted by Gasteiger charge is 2.45. The van der Waals surface area contributed by atoms with Crippen LogP contribution in [0.4, 0.5) is 16.2 Å². The van der Waals surface area contributed by atoms with Gasteiger partial charge in [0.15, 0.2) is 0 Å². The summed E-state index contributed by atoms with van der Waals surface area (Å²) in [7, 11) is 0. The van der Waals surface area contributed by atoms with Gasteiger partial charge >= 0.3 is 12.0 Å². The van der Waals surface area contributed by atoms with Gasteiger partial charge in [0, 0.05) is 5.02 Å². The predicted octanol–water partition coefficient (Wildman–Crippen LogP) is 8.87. The molecule has 0 unspecified atom stereocenters. The monoisotopic (exact) mass is 617 g/mol. The molecule has 3 amide bonds. The number of anilines is 2. The first-order valence-electron chi connectivity index (χ1n) is 13.5. The standard InChI is InChI=1S/C31H34Cl3N3O4/c1-30(2,3)19-9-11-20(12-10-19)31(4,28(39)40)37-27(38)22-13-17-7-5-6-8-18(17)14-25(22)35-29(41)36-26-23(33)15-21(32)16-24(26)34/h5-8,13-16,19-20H,9-12H2,1-4H3,(H,37,38)(H,39,40)(H2,35,36,41)/t19?,20?,31-/m0/s1. The van der Waals surface area contributed by atoms with E-state index >= 15 is 0 Å². The van der Waals surface area contributed by atoms with Crippen LogP contribution in [0.2, 0.25) is 15.1 Å². The summed E-state index contributed by atoms with van der Waals surface area (Å²) in [6, 6.07) is 12.9. The van der Waals surface area contributed by atoms with Crippen LogP contribution >= 0.6 is 34.8 Å². The third-order valence-corrected chi connectivity index (χ3v) is 9.02. The van der Waals surface area contributed by atoms with E-state index in [1.165, 1.54) is 12.1 Å². The minimum atomic E-state index is -1.49. The van der Waals surface area contributed by atoms with E-state index in [-0.39, 0.29) is 38.3 Å². The second-order valence-corrected chi connectivity index (χ2v) is 13.2. The summed E-state index contributed by atoms with van der Waals surface area (Å²) < 4.78 is 0. The zero-order valence-corrected chi connectivity index (χ0v) is 25.7. The van der Waals surface area contributed by atoms with Crippen LogP contribution in [0.15, 0.2) is 48.5 Å². The molecule has 0 saturated heterocycles. The van der Waals surface area contributed by atoms with Crippen LogP contribution < -0.4 is 16.0 Å². The number of carboxylic acids is 1. The highest BCUT2D eigenvalue weighted by molar-refractivity contribution is 6.42. The Morgan fingerprint density at radius 2 is 1.34 bits per heavy atom. The zero-order chi connectivity index (χ0) is 30.1. The lowest BCUT2D eigenvalue weighted by Gasteiger charge is -2.42. The lowest BCUT2D eigenvalue weighted by atomic mass is 9.66. The topological polar surface area (TPSA) is 108 Å². The maximum Gasteiger partial charge on any atom is 0.329 e. The van der Waals surface area contributed by atoms with Gasteiger partial charge in [0.25, 0.3) is 5.91 Å². The fourth-order valence-corrected chi connectivity index (χ4v) is 6.54. The lowest BCUT2D eigenvalue weighted by Crippen LogP contribution is -2.58. The van der Waals surface area contributed by atoms with Crippen molar-refractivity contribution in [1.82, 2.24) is 5.32 Å². The molecule has 3 aromatic carbocycles. The Kier molecular flexibility index (Phi) is 9.12. The number of carbonyl (C=O) groups is 3. The van der Waals surface area contributed by atoms with E-state index in [9.17, 15) is 19.5 Å². The van der Waals surface area contributed by atoms with Gasteiger partial charge in [-0.2, -0.15) is 0 Å². The highest BCUT2D eigenvalue weighted by Crippen LogP contribution is 2.43. The largest absolute Gasteiger partial charge is 0.480 e. The molecule has 1 aliphatic carbocycles. The number of fused-ring (bicyclic) bond motifs is 1. The van der Waals surface area contributed by atoms with E-state index in [2.05, 4.69) is 36.7 Å². The first kappa shape index (κ1) is 30.9. The second-order valence-electron chi connectivity index (χ2n) is 11.9. The number of benzene rings is 3. The van der Waals surface area contributed by atoms with E-state index < -0.39 is 23.4 Å². The highest BCUT2D eigenvalue weighted by atomic mass is 35.5. The molecule has 218 valence electrons.